The average Bonchev–Trinajstić information content (AvgIpc) is 2.40. The van der Waals surface area contributed by atoms with Crippen LogP contribution in [0.25, 0.3) is 0 Å². The van der Waals surface area contributed by atoms with E-state index in [1.54, 1.807) is 6.07 Å². The van der Waals surface area contributed by atoms with Gasteiger partial charge in [-0.25, -0.2) is 12.8 Å². The van der Waals surface area contributed by atoms with Crippen LogP contribution >= 0.6 is 23.2 Å². The third-order valence-electron chi connectivity index (χ3n) is 2.60. The highest BCUT2D eigenvalue weighted by Crippen LogP contribution is 2.29. The molecule has 21 heavy (non-hydrogen) atoms. The number of hydrogen-bond acceptors (Lipinski definition) is 3. The van der Waals surface area contributed by atoms with Crippen LogP contribution < -0.4 is 9.46 Å². The number of rotatable bonds is 4. The van der Waals surface area contributed by atoms with Crippen molar-refractivity contribution in [3.63, 3.8) is 0 Å². The van der Waals surface area contributed by atoms with Gasteiger partial charge in [0.05, 0.1) is 17.8 Å². The first-order valence-corrected chi connectivity index (χ1v) is 7.89. The van der Waals surface area contributed by atoms with Crippen LogP contribution in [0, 0.1) is 5.82 Å². The third kappa shape index (κ3) is 3.58. The predicted octanol–water partition coefficient (Wildman–Crippen LogP) is 3.94. The smallest absolute Gasteiger partial charge is 0.264 e. The summed E-state index contributed by atoms with van der Waals surface area (Å²) < 4.78 is 45.3. The largest absolute Gasteiger partial charge is 0.497 e. The molecule has 0 atom stereocenters. The lowest BCUT2D eigenvalue weighted by molar-refractivity contribution is 0.415. The van der Waals surface area contributed by atoms with Crippen molar-refractivity contribution in [1.29, 1.82) is 0 Å². The van der Waals surface area contributed by atoms with Crippen LogP contribution in [0.1, 0.15) is 0 Å². The van der Waals surface area contributed by atoms with Crippen molar-refractivity contribution in [3.8, 4) is 5.75 Å². The molecule has 0 aliphatic carbocycles. The standard InChI is InChI=1S/C13H10Cl2FNO3S/c1-20-9-3-4-10(15)12(7-9)17-21(18,19)13-5-2-8(14)6-11(13)16/h2-7,17H,1H3. The van der Waals surface area contributed by atoms with Crippen molar-refractivity contribution in [2.45, 2.75) is 4.90 Å². The minimum absolute atomic E-state index is 0.0883. The molecule has 0 heterocycles. The maximum atomic E-state index is 13.7. The second-order valence-corrected chi connectivity index (χ2v) is 6.52. The number of nitrogens with one attached hydrogen (secondary N) is 1. The Morgan fingerprint density at radius 2 is 1.86 bits per heavy atom. The summed E-state index contributed by atoms with van der Waals surface area (Å²) in [5, 5.41) is 0.264. The molecular weight excluding hydrogens is 340 g/mol. The van der Waals surface area contributed by atoms with Gasteiger partial charge >= 0.3 is 0 Å². The molecule has 0 amide bonds. The van der Waals surface area contributed by atoms with E-state index in [0.717, 1.165) is 12.1 Å². The number of anilines is 1. The van der Waals surface area contributed by atoms with Crippen molar-refractivity contribution in [3.05, 3.63) is 52.3 Å². The van der Waals surface area contributed by atoms with Gasteiger partial charge in [-0.05, 0) is 30.3 Å². The van der Waals surface area contributed by atoms with Crippen molar-refractivity contribution >= 4 is 38.9 Å². The van der Waals surface area contributed by atoms with Gasteiger partial charge < -0.3 is 4.74 Å². The zero-order chi connectivity index (χ0) is 15.6. The third-order valence-corrected chi connectivity index (χ3v) is 4.56. The summed E-state index contributed by atoms with van der Waals surface area (Å²) in [6, 6.07) is 7.72. The van der Waals surface area contributed by atoms with Crippen LogP contribution in [-0.4, -0.2) is 15.5 Å². The van der Waals surface area contributed by atoms with Gasteiger partial charge in [-0.15, -0.1) is 0 Å². The summed E-state index contributed by atoms with van der Waals surface area (Å²) in [6.07, 6.45) is 0. The molecule has 4 nitrogen and oxygen atoms in total. The molecule has 0 aliphatic rings. The molecule has 112 valence electrons. The van der Waals surface area contributed by atoms with Gasteiger partial charge in [0, 0.05) is 11.1 Å². The first-order valence-electron chi connectivity index (χ1n) is 5.65. The second kappa shape index (κ2) is 6.09. The first kappa shape index (κ1) is 15.9. The number of methoxy groups -OCH3 is 1. The Kier molecular flexibility index (Phi) is 4.61. The molecule has 0 spiro atoms. The molecule has 1 N–H and O–H groups in total. The quantitative estimate of drug-likeness (QED) is 0.909. The Bertz CT molecular complexity index is 781. The lowest BCUT2D eigenvalue weighted by Gasteiger charge is -2.11. The molecule has 0 aromatic heterocycles. The Balaban J connectivity index is 2.42. The molecule has 0 bridgehead atoms. The van der Waals surface area contributed by atoms with Crippen LogP contribution in [-0.2, 0) is 10.0 Å². The lowest BCUT2D eigenvalue weighted by Crippen LogP contribution is -2.15. The Hall–Kier alpha value is -1.50. The monoisotopic (exact) mass is 349 g/mol. The summed E-state index contributed by atoms with van der Waals surface area (Å²) in [6.45, 7) is 0. The van der Waals surface area contributed by atoms with Crippen LogP contribution in [0.5, 0.6) is 5.75 Å². The summed E-state index contributed by atoms with van der Waals surface area (Å²) >= 11 is 11.5. The topological polar surface area (TPSA) is 55.4 Å². The second-order valence-electron chi connectivity index (χ2n) is 4.03. The predicted molar refractivity (Wildman–Crippen MR) is 80.2 cm³/mol. The summed E-state index contributed by atoms with van der Waals surface area (Å²) in [5.74, 6) is -0.539. The first-order chi connectivity index (χ1) is 9.83. The molecule has 2 aromatic carbocycles. The van der Waals surface area contributed by atoms with Gasteiger partial charge in [-0.2, -0.15) is 0 Å². The number of hydrogen-bond donors (Lipinski definition) is 1. The lowest BCUT2D eigenvalue weighted by atomic mass is 10.3. The zero-order valence-corrected chi connectivity index (χ0v) is 13.1. The molecule has 2 rings (SSSR count). The van der Waals surface area contributed by atoms with E-state index < -0.39 is 20.7 Å². The molecule has 0 unspecified atom stereocenters. The normalized spacial score (nSPS) is 11.2. The fraction of sp³-hybridized carbons (Fsp3) is 0.0769. The molecule has 0 saturated heterocycles. The van der Waals surface area contributed by atoms with E-state index in [0.29, 0.717) is 5.75 Å². The van der Waals surface area contributed by atoms with Crippen LogP contribution in [0.2, 0.25) is 10.0 Å². The highest BCUT2D eigenvalue weighted by atomic mass is 35.5. The van der Waals surface area contributed by atoms with Crippen molar-refractivity contribution < 1.29 is 17.5 Å². The van der Waals surface area contributed by atoms with Gasteiger partial charge in [0.25, 0.3) is 10.0 Å². The number of sulfonamides is 1. The van der Waals surface area contributed by atoms with Crippen LogP contribution in [0.4, 0.5) is 10.1 Å². The van der Waals surface area contributed by atoms with Gasteiger partial charge in [0.15, 0.2) is 0 Å². The molecule has 0 radical (unpaired) electrons. The summed E-state index contributed by atoms with van der Waals surface area (Å²) in [4.78, 5) is -0.522. The Morgan fingerprint density at radius 1 is 1.14 bits per heavy atom. The van der Waals surface area contributed by atoms with Gasteiger partial charge in [-0.1, -0.05) is 23.2 Å². The SMILES string of the molecule is COc1ccc(Cl)c(NS(=O)(=O)c2ccc(Cl)cc2F)c1. The molecule has 0 saturated carbocycles. The number of ether oxygens (including phenoxy) is 1. The Labute approximate surface area is 131 Å². The number of halogens is 3. The van der Waals surface area contributed by atoms with Gasteiger partial charge in [-0.3, -0.25) is 4.72 Å². The Morgan fingerprint density at radius 3 is 2.48 bits per heavy atom. The van der Waals surface area contributed by atoms with E-state index in [1.165, 1.54) is 25.3 Å². The highest BCUT2D eigenvalue weighted by molar-refractivity contribution is 7.92. The maximum absolute atomic E-state index is 13.7. The van der Waals surface area contributed by atoms with Crippen molar-refractivity contribution in [2.24, 2.45) is 0 Å². The fourth-order valence-corrected chi connectivity index (χ4v) is 3.11. The average molecular weight is 350 g/mol. The summed E-state index contributed by atoms with van der Waals surface area (Å²) in [5.41, 5.74) is 0.0883. The minimum atomic E-state index is -4.13. The highest BCUT2D eigenvalue weighted by Gasteiger charge is 2.20. The summed E-state index contributed by atoms with van der Waals surface area (Å²) in [7, 11) is -2.70. The molecule has 8 heteroatoms. The van der Waals surface area contributed by atoms with E-state index in [-0.39, 0.29) is 15.7 Å². The van der Waals surface area contributed by atoms with Crippen LogP contribution in [0.15, 0.2) is 41.3 Å². The molecule has 0 fully saturated rings. The fourth-order valence-electron chi connectivity index (χ4n) is 1.60. The zero-order valence-electron chi connectivity index (χ0n) is 10.7. The molecule has 2 aromatic rings. The maximum Gasteiger partial charge on any atom is 0.264 e. The van der Waals surface area contributed by atoms with Crippen molar-refractivity contribution in [1.82, 2.24) is 0 Å². The molecule has 0 aliphatic heterocycles. The number of benzene rings is 2. The van der Waals surface area contributed by atoms with Gasteiger partial charge in [0.2, 0.25) is 0 Å². The minimum Gasteiger partial charge on any atom is -0.497 e. The van der Waals surface area contributed by atoms with E-state index in [2.05, 4.69) is 4.72 Å². The van der Waals surface area contributed by atoms with E-state index in [1.807, 2.05) is 0 Å². The van der Waals surface area contributed by atoms with Crippen LogP contribution in [0.3, 0.4) is 0 Å². The van der Waals surface area contributed by atoms with E-state index in [4.69, 9.17) is 27.9 Å². The van der Waals surface area contributed by atoms with E-state index >= 15 is 0 Å². The van der Waals surface area contributed by atoms with Gasteiger partial charge in [0.1, 0.15) is 16.5 Å². The van der Waals surface area contributed by atoms with Crippen molar-refractivity contribution in [2.75, 3.05) is 11.8 Å². The molecular formula is C13H10Cl2FNO3S. The van der Waals surface area contributed by atoms with E-state index in [9.17, 15) is 12.8 Å².